The number of ether oxygens (including phenoxy) is 1. The molecule has 2 N–H and O–H groups in total. The lowest BCUT2D eigenvalue weighted by Gasteiger charge is -2.11. The number of rotatable bonds is 6. The molecule has 0 radical (unpaired) electrons. The van der Waals surface area contributed by atoms with Gasteiger partial charge in [-0.1, -0.05) is 0 Å². The standard InChI is InChI=1S/C9H17N3O/c1-8(7-13-2)10-4-3-9-11-5-6-12-9/h5-6,8,10H,3-4,7H2,1-2H3,(H,11,12). The summed E-state index contributed by atoms with van der Waals surface area (Å²) < 4.78 is 5.01. The lowest BCUT2D eigenvalue weighted by atomic mass is 10.3. The van der Waals surface area contributed by atoms with Gasteiger partial charge in [0, 0.05) is 38.5 Å². The van der Waals surface area contributed by atoms with E-state index >= 15 is 0 Å². The fourth-order valence-electron chi connectivity index (χ4n) is 1.18. The fourth-order valence-corrected chi connectivity index (χ4v) is 1.18. The van der Waals surface area contributed by atoms with Gasteiger partial charge in [0.25, 0.3) is 0 Å². The molecule has 4 heteroatoms. The van der Waals surface area contributed by atoms with E-state index in [0.717, 1.165) is 25.4 Å². The van der Waals surface area contributed by atoms with Crippen molar-refractivity contribution in [1.29, 1.82) is 0 Å². The summed E-state index contributed by atoms with van der Waals surface area (Å²) in [6, 6.07) is 0.403. The average Bonchev–Trinajstić information content (AvgIpc) is 2.57. The quantitative estimate of drug-likeness (QED) is 0.678. The van der Waals surface area contributed by atoms with Crippen molar-refractivity contribution in [3.63, 3.8) is 0 Å². The van der Waals surface area contributed by atoms with Crippen LogP contribution in [-0.2, 0) is 11.2 Å². The third-order valence-corrected chi connectivity index (χ3v) is 1.83. The molecule has 1 heterocycles. The number of nitrogens with zero attached hydrogens (tertiary/aromatic N) is 1. The molecule has 13 heavy (non-hydrogen) atoms. The summed E-state index contributed by atoms with van der Waals surface area (Å²) >= 11 is 0. The molecule has 74 valence electrons. The molecule has 0 saturated heterocycles. The molecule has 0 fully saturated rings. The minimum Gasteiger partial charge on any atom is -0.383 e. The molecule has 1 unspecified atom stereocenters. The lowest BCUT2D eigenvalue weighted by Crippen LogP contribution is -2.31. The van der Waals surface area contributed by atoms with Gasteiger partial charge in [0.1, 0.15) is 5.82 Å². The highest BCUT2D eigenvalue weighted by molar-refractivity contribution is 4.87. The van der Waals surface area contributed by atoms with E-state index in [0.29, 0.717) is 6.04 Å². The van der Waals surface area contributed by atoms with Crippen LogP contribution in [0.5, 0.6) is 0 Å². The zero-order chi connectivity index (χ0) is 9.52. The van der Waals surface area contributed by atoms with Crippen molar-refractivity contribution < 1.29 is 4.74 Å². The Morgan fingerprint density at radius 3 is 3.15 bits per heavy atom. The maximum absolute atomic E-state index is 5.01. The number of hydrogen-bond donors (Lipinski definition) is 2. The van der Waals surface area contributed by atoms with Crippen LogP contribution in [0.3, 0.4) is 0 Å². The molecule has 0 bridgehead atoms. The monoisotopic (exact) mass is 183 g/mol. The van der Waals surface area contributed by atoms with Gasteiger partial charge in [-0.05, 0) is 6.92 Å². The lowest BCUT2D eigenvalue weighted by molar-refractivity contribution is 0.172. The van der Waals surface area contributed by atoms with Crippen molar-refractivity contribution >= 4 is 0 Å². The number of aromatic amines is 1. The third kappa shape index (κ3) is 4.05. The van der Waals surface area contributed by atoms with E-state index in [1.165, 1.54) is 0 Å². The summed E-state index contributed by atoms with van der Waals surface area (Å²) in [5.74, 6) is 1.03. The first-order valence-corrected chi connectivity index (χ1v) is 4.53. The van der Waals surface area contributed by atoms with E-state index in [1.54, 1.807) is 13.3 Å². The maximum Gasteiger partial charge on any atom is 0.107 e. The van der Waals surface area contributed by atoms with Gasteiger partial charge in [0.05, 0.1) is 6.61 Å². The minimum atomic E-state index is 0.403. The number of methoxy groups -OCH3 is 1. The van der Waals surface area contributed by atoms with Gasteiger partial charge in [-0.25, -0.2) is 4.98 Å². The number of aromatic nitrogens is 2. The highest BCUT2D eigenvalue weighted by Crippen LogP contribution is 1.89. The summed E-state index contributed by atoms with van der Waals surface area (Å²) in [5.41, 5.74) is 0. The van der Waals surface area contributed by atoms with Gasteiger partial charge in [-0.15, -0.1) is 0 Å². The summed E-state index contributed by atoms with van der Waals surface area (Å²) in [5, 5.41) is 3.34. The first-order valence-electron chi connectivity index (χ1n) is 4.53. The van der Waals surface area contributed by atoms with E-state index in [-0.39, 0.29) is 0 Å². The van der Waals surface area contributed by atoms with Crippen molar-refractivity contribution in [2.75, 3.05) is 20.3 Å². The van der Waals surface area contributed by atoms with Gasteiger partial charge in [-0.2, -0.15) is 0 Å². The molecule has 0 spiro atoms. The Labute approximate surface area is 78.7 Å². The molecular weight excluding hydrogens is 166 g/mol. The van der Waals surface area contributed by atoms with Crippen LogP contribution in [-0.4, -0.2) is 36.3 Å². The second-order valence-electron chi connectivity index (χ2n) is 3.10. The van der Waals surface area contributed by atoms with E-state index in [1.807, 2.05) is 6.20 Å². The Hall–Kier alpha value is -0.870. The van der Waals surface area contributed by atoms with Gasteiger partial charge in [-0.3, -0.25) is 0 Å². The molecule has 0 aliphatic rings. The number of imidazole rings is 1. The average molecular weight is 183 g/mol. The van der Waals surface area contributed by atoms with Crippen LogP contribution in [0.25, 0.3) is 0 Å². The first kappa shape index (κ1) is 10.2. The third-order valence-electron chi connectivity index (χ3n) is 1.83. The van der Waals surface area contributed by atoms with E-state index in [9.17, 15) is 0 Å². The number of hydrogen-bond acceptors (Lipinski definition) is 3. The molecule has 0 aliphatic carbocycles. The Balaban J connectivity index is 2.07. The van der Waals surface area contributed by atoms with E-state index in [4.69, 9.17) is 4.74 Å². The largest absolute Gasteiger partial charge is 0.383 e. The summed E-state index contributed by atoms with van der Waals surface area (Å²) in [7, 11) is 1.71. The molecule has 0 aliphatic heterocycles. The van der Waals surface area contributed by atoms with Crippen LogP contribution >= 0.6 is 0 Å². The van der Waals surface area contributed by atoms with E-state index in [2.05, 4.69) is 22.2 Å². The number of H-pyrrole nitrogens is 1. The Morgan fingerprint density at radius 1 is 1.69 bits per heavy atom. The summed E-state index contributed by atoms with van der Waals surface area (Å²) in [6.07, 6.45) is 4.54. The Morgan fingerprint density at radius 2 is 2.54 bits per heavy atom. The smallest absolute Gasteiger partial charge is 0.107 e. The molecular formula is C9H17N3O. The molecule has 4 nitrogen and oxygen atoms in total. The Kier molecular flexibility index (Phi) is 4.49. The molecule has 1 aromatic rings. The van der Waals surface area contributed by atoms with Crippen molar-refractivity contribution in [3.8, 4) is 0 Å². The predicted octanol–water partition coefficient (Wildman–Crippen LogP) is 0.577. The topological polar surface area (TPSA) is 49.9 Å². The van der Waals surface area contributed by atoms with Gasteiger partial charge in [0.2, 0.25) is 0 Å². The van der Waals surface area contributed by atoms with Crippen molar-refractivity contribution in [2.45, 2.75) is 19.4 Å². The zero-order valence-electron chi connectivity index (χ0n) is 8.21. The predicted molar refractivity (Wildman–Crippen MR) is 51.6 cm³/mol. The van der Waals surface area contributed by atoms with Crippen molar-refractivity contribution in [3.05, 3.63) is 18.2 Å². The molecule has 1 rings (SSSR count). The zero-order valence-corrected chi connectivity index (χ0v) is 8.21. The fraction of sp³-hybridized carbons (Fsp3) is 0.667. The molecule has 0 amide bonds. The van der Waals surface area contributed by atoms with Crippen LogP contribution in [0.1, 0.15) is 12.7 Å². The number of nitrogens with one attached hydrogen (secondary N) is 2. The summed E-state index contributed by atoms with van der Waals surface area (Å²) in [6.45, 7) is 3.78. The van der Waals surface area contributed by atoms with Crippen molar-refractivity contribution in [2.24, 2.45) is 0 Å². The van der Waals surface area contributed by atoms with Crippen LogP contribution in [0.4, 0.5) is 0 Å². The van der Waals surface area contributed by atoms with Crippen LogP contribution in [0, 0.1) is 0 Å². The summed E-state index contributed by atoms with van der Waals surface area (Å²) in [4.78, 5) is 7.19. The van der Waals surface area contributed by atoms with E-state index < -0.39 is 0 Å². The highest BCUT2D eigenvalue weighted by atomic mass is 16.5. The normalized spacial score (nSPS) is 13.1. The highest BCUT2D eigenvalue weighted by Gasteiger charge is 2.00. The molecule has 1 aromatic heterocycles. The van der Waals surface area contributed by atoms with Crippen LogP contribution < -0.4 is 5.32 Å². The Bertz CT molecular complexity index is 211. The molecule has 1 atom stereocenters. The van der Waals surface area contributed by atoms with Crippen molar-refractivity contribution in [1.82, 2.24) is 15.3 Å². The second kappa shape index (κ2) is 5.72. The van der Waals surface area contributed by atoms with Gasteiger partial charge >= 0.3 is 0 Å². The minimum absolute atomic E-state index is 0.403. The van der Waals surface area contributed by atoms with Crippen LogP contribution in [0.2, 0.25) is 0 Å². The van der Waals surface area contributed by atoms with Crippen LogP contribution in [0.15, 0.2) is 12.4 Å². The second-order valence-corrected chi connectivity index (χ2v) is 3.10. The first-order chi connectivity index (χ1) is 6.33. The SMILES string of the molecule is COCC(C)NCCc1ncc[nH]1. The maximum atomic E-state index is 5.01. The molecule has 0 aromatic carbocycles. The van der Waals surface area contributed by atoms with Gasteiger partial charge in [0.15, 0.2) is 0 Å². The van der Waals surface area contributed by atoms with Gasteiger partial charge < -0.3 is 15.0 Å². The molecule has 0 saturated carbocycles.